The van der Waals surface area contributed by atoms with Gasteiger partial charge in [0.25, 0.3) is 0 Å². The third-order valence-electron chi connectivity index (χ3n) is 4.38. The highest BCUT2D eigenvalue weighted by Crippen LogP contribution is 2.34. The molecule has 0 saturated carbocycles. The highest BCUT2D eigenvalue weighted by molar-refractivity contribution is 7.89. The predicted octanol–water partition coefficient (Wildman–Crippen LogP) is 2.38. The van der Waals surface area contributed by atoms with E-state index in [-0.39, 0.29) is 5.41 Å². The van der Waals surface area contributed by atoms with Gasteiger partial charge in [0, 0.05) is 18.5 Å². The van der Waals surface area contributed by atoms with Gasteiger partial charge in [0.1, 0.15) is 0 Å². The molecule has 116 valence electrons. The van der Waals surface area contributed by atoms with Gasteiger partial charge < -0.3 is 5.73 Å². The summed E-state index contributed by atoms with van der Waals surface area (Å²) in [6.45, 7) is 6.66. The fourth-order valence-corrected chi connectivity index (χ4v) is 4.55. The Labute approximate surface area is 132 Å². The largest absolute Gasteiger partial charge is 0.393 e. The number of aryl methyl sites for hydroxylation is 2. The molecule has 21 heavy (non-hydrogen) atoms. The van der Waals surface area contributed by atoms with Crippen LogP contribution in [0, 0.1) is 19.3 Å². The van der Waals surface area contributed by atoms with E-state index in [0.29, 0.717) is 35.8 Å². The van der Waals surface area contributed by atoms with Gasteiger partial charge in [-0.25, -0.2) is 8.42 Å². The third kappa shape index (κ3) is 3.12. The van der Waals surface area contributed by atoms with Gasteiger partial charge in [-0.05, 0) is 43.9 Å². The molecule has 0 atom stereocenters. The second kappa shape index (κ2) is 5.66. The molecule has 0 bridgehead atoms. The van der Waals surface area contributed by atoms with E-state index in [9.17, 15) is 8.42 Å². The number of hydrogen-bond acceptors (Lipinski definition) is 3. The molecule has 2 N–H and O–H groups in total. The number of thiocarbonyl (C=S) groups is 1. The molecule has 0 spiro atoms. The molecule has 1 aliphatic heterocycles. The maximum atomic E-state index is 12.8. The highest BCUT2D eigenvalue weighted by atomic mass is 32.2. The second-order valence-electron chi connectivity index (χ2n) is 6.10. The zero-order chi connectivity index (χ0) is 15.8. The van der Waals surface area contributed by atoms with Crippen molar-refractivity contribution in [3.8, 4) is 0 Å². The fraction of sp³-hybridized carbons (Fsp3) is 0.533. The van der Waals surface area contributed by atoms with Crippen molar-refractivity contribution in [2.75, 3.05) is 13.1 Å². The molecule has 4 nitrogen and oxygen atoms in total. The first kappa shape index (κ1) is 16.4. The van der Waals surface area contributed by atoms with Crippen molar-refractivity contribution in [1.29, 1.82) is 0 Å². The number of rotatable bonds is 3. The van der Waals surface area contributed by atoms with Crippen LogP contribution in [0.15, 0.2) is 23.1 Å². The molecule has 1 aromatic rings. The summed E-state index contributed by atoms with van der Waals surface area (Å²) in [7, 11) is -3.44. The van der Waals surface area contributed by atoms with Crippen LogP contribution in [0.5, 0.6) is 0 Å². The Morgan fingerprint density at radius 2 is 1.86 bits per heavy atom. The van der Waals surface area contributed by atoms with Crippen LogP contribution in [0.1, 0.15) is 30.9 Å². The zero-order valence-corrected chi connectivity index (χ0v) is 14.4. The number of sulfonamides is 1. The maximum Gasteiger partial charge on any atom is 0.243 e. The van der Waals surface area contributed by atoms with Crippen molar-refractivity contribution >= 4 is 27.2 Å². The third-order valence-corrected chi connectivity index (χ3v) is 6.92. The predicted molar refractivity (Wildman–Crippen MR) is 88.8 cm³/mol. The molecule has 0 aliphatic carbocycles. The van der Waals surface area contributed by atoms with Crippen molar-refractivity contribution in [3.63, 3.8) is 0 Å². The van der Waals surface area contributed by atoms with Gasteiger partial charge in [0.05, 0.1) is 9.88 Å². The Hall–Kier alpha value is -0.980. The molecular formula is C15H22N2O2S2. The normalized spacial score (nSPS) is 19.4. The summed E-state index contributed by atoms with van der Waals surface area (Å²) in [5, 5.41) is 0. The Morgan fingerprint density at radius 3 is 2.38 bits per heavy atom. The van der Waals surface area contributed by atoms with E-state index >= 15 is 0 Å². The van der Waals surface area contributed by atoms with Crippen molar-refractivity contribution in [3.05, 3.63) is 29.3 Å². The van der Waals surface area contributed by atoms with Crippen LogP contribution in [0.3, 0.4) is 0 Å². The number of piperidine rings is 1. The van der Waals surface area contributed by atoms with Crippen LogP contribution in [0.25, 0.3) is 0 Å². The molecule has 1 aliphatic rings. The highest BCUT2D eigenvalue weighted by Gasteiger charge is 2.37. The first-order valence-corrected chi connectivity index (χ1v) is 8.89. The number of nitrogens with zero attached hydrogens (tertiary/aromatic N) is 1. The molecular weight excluding hydrogens is 304 g/mol. The molecule has 1 saturated heterocycles. The minimum atomic E-state index is -3.44. The van der Waals surface area contributed by atoms with Crippen LogP contribution in [-0.2, 0) is 10.0 Å². The van der Waals surface area contributed by atoms with Crippen LogP contribution >= 0.6 is 12.2 Å². The minimum Gasteiger partial charge on any atom is -0.393 e. The van der Waals surface area contributed by atoms with Gasteiger partial charge in [0.15, 0.2) is 0 Å². The van der Waals surface area contributed by atoms with E-state index < -0.39 is 10.0 Å². The summed E-state index contributed by atoms with van der Waals surface area (Å²) in [5.74, 6) is 0. The SMILES string of the molecule is Cc1ccc(C)c(S(=O)(=O)N2CCC(C)(C(N)=S)CC2)c1. The van der Waals surface area contributed by atoms with Gasteiger partial charge in [-0.15, -0.1) is 0 Å². The van der Waals surface area contributed by atoms with Crippen LogP contribution < -0.4 is 5.73 Å². The molecule has 0 aromatic heterocycles. The molecule has 0 radical (unpaired) electrons. The minimum absolute atomic E-state index is 0.233. The Bertz CT molecular complexity index is 660. The lowest BCUT2D eigenvalue weighted by Gasteiger charge is -2.38. The van der Waals surface area contributed by atoms with E-state index in [0.717, 1.165) is 11.1 Å². The summed E-state index contributed by atoms with van der Waals surface area (Å²) < 4.78 is 27.2. The number of hydrogen-bond donors (Lipinski definition) is 1. The quantitative estimate of drug-likeness (QED) is 0.866. The van der Waals surface area contributed by atoms with E-state index in [2.05, 4.69) is 0 Å². The van der Waals surface area contributed by atoms with E-state index in [1.165, 1.54) is 0 Å². The van der Waals surface area contributed by atoms with Gasteiger partial charge in [-0.3, -0.25) is 0 Å². The molecule has 0 amide bonds. The Kier molecular flexibility index (Phi) is 4.42. The first-order chi connectivity index (χ1) is 9.67. The van der Waals surface area contributed by atoms with Crippen LogP contribution in [-0.4, -0.2) is 30.8 Å². The zero-order valence-electron chi connectivity index (χ0n) is 12.7. The summed E-state index contributed by atoms with van der Waals surface area (Å²) in [6.07, 6.45) is 1.35. The standard InChI is InChI=1S/C15H22N2O2S2/c1-11-4-5-12(2)13(10-11)21(18,19)17-8-6-15(3,7-9-17)14(16)20/h4-5,10H,6-9H2,1-3H3,(H2,16,20). The average molecular weight is 326 g/mol. The molecule has 1 heterocycles. The number of benzene rings is 1. The van der Waals surface area contributed by atoms with Crippen LogP contribution in [0.4, 0.5) is 0 Å². The monoisotopic (exact) mass is 326 g/mol. The number of nitrogens with two attached hydrogens (primary N) is 1. The topological polar surface area (TPSA) is 63.4 Å². The fourth-order valence-electron chi connectivity index (χ4n) is 2.59. The van der Waals surface area contributed by atoms with Crippen LogP contribution in [0.2, 0.25) is 0 Å². The van der Waals surface area contributed by atoms with Crippen molar-refractivity contribution < 1.29 is 8.42 Å². The molecule has 1 aromatic carbocycles. The van der Waals surface area contributed by atoms with E-state index in [1.807, 2.05) is 32.9 Å². The van der Waals surface area contributed by atoms with Crippen molar-refractivity contribution in [2.45, 2.75) is 38.5 Å². The molecule has 1 fully saturated rings. The summed E-state index contributed by atoms with van der Waals surface area (Å²) in [4.78, 5) is 0.882. The van der Waals surface area contributed by atoms with Gasteiger partial charge in [-0.1, -0.05) is 31.3 Å². The van der Waals surface area contributed by atoms with E-state index in [4.69, 9.17) is 18.0 Å². The second-order valence-corrected chi connectivity index (χ2v) is 8.44. The Balaban J connectivity index is 2.27. The summed E-state index contributed by atoms with van der Waals surface area (Å²) >= 11 is 5.10. The summed E-state index contributed by atoms with van der Waals surface area (Å²) in [6, 6.07) is 5.52. The van der Waals surface area contributed by atoms with Gasteiger partial charge in [0.2, 0.25) is 10.0 Å². The first-order valence-electron chi connectivity index (χ1n) is 7.04. The smallest absolute Gasteiger partial charge is 0.243 e. The maximum absolute atomic E-state index is 12.8. The average Bonchev–Trinajstić information content (AvgIpc) is 2.41. The molecule has 2 rings (SSSR count). The summed E-state index contributed by atoms with van der Waals surface area (Å²) in [5.41, 5.74) is 7.27. The van der Waals surface area contributed by atoms with E-state index in [1.54, 1.807) is 10.4 Å². The molecule has 6 heteroatoms. The van der Waals surface area contributed by atoms with Gasteiger partial charge >= 0.3 is 0 Å². The van der Waals surface area contributed by atoms with Crippen molar-refractivity contribution in [1.82, 2.24) is 4.31 Å². The lowest BCUT2D eigenvalue weighted by Crippen LogP contribution is -2.46. The Morgan fingerprint density at radius 1 is 1.29 bits per heavy atom. The van der Waals surface area contributed by atoms with Crippen molar-refractivity contribution in [2.24, 2.45) is 11.1 Å². The lowest BCUT2D eigenvalue weighted by atomic mass is 9.81. The molecule has 0 unspecified atom stereocenters. The lowest BCUT2D eigenvalue weighted by molar-refractivity contribution is 0.244. The van der Waals surface area contributed by atoms with Gasteiger partial charge in [-0.2, -0.15) is 4.31 Å².